The summed E-state index contributed by atoms with van der Waals surface area (Å²) >= 11 is 1.59. The number of nitrogens with one attached hydrogen (secondary N) is 1. The number of carbonyl (C=O) groups is 1. The average molecular weight is 681 g/mol. The number of hydrogen-bond donors (Lipinski definition) is 1. The lowest BCUT2D eigenvalue weighted by Crippen LogP contribution is -2.38. The summed E-state index contributed by atoms with van der Waals surface area (Å²) in [7, 11) is 1.66. The normalized spacial score (nSPS) is 14.8. The zero-order chi connectivity index (χ0) is 34.5. The molecule has 254 valence electrons. The minimum absolute atomic E-state index is 0.251. The zero-order valence-corrected chi connectivity index (χ0v) is 28.4. The third-order valence-corrected chi connectivity index (χ3v) is 8.84. The SMILES string of the molecule is COc1ccc(N2CCCS/C2=N\C(=O)NCC(C)(C)Cc2ccc(-c3ncn(-c4ccc(OC(F)(F)F)cc4)n3)cc2)c(C(C)C)c1. The number of alkyl halides is 3. The number of amidine groups is 1. The molecule has 0 radical (unpaired) electrons. The molecule has 1 aliphatic heterocycles. The molecule has 5 rings (SSSR count). The van der Waals surface area contributed by atoms with Crippen LogP contribution in [-0.4, -0.2) is 58.3 Å². The number of halogens is 3. The van der Waals surface area contributed by atoms with E-state index in [-0.39, 0.29) is 23.1 Å². The van der Waals surface area contributed by atoms with Crippen molar-refractivity contribution in [2.45, 2.75) is 52.8 Å². The number of anilines is 1. The Bertz CT molecular complexity index is 1740. The maximum absolute atomic E-state index is 13.1. The van der Waals surface area contributed by atoms with Crippen molar-refractivity contribution in [3.8, 4) is 28.6 Å². The number of rotatable bonds is 10. The summed E-state index contributed by atoms with van der Waals surface area (Å²) in [6.07, 6.45) is -1.54. The molecule has 0 unspecified atom stereocenters. The topological polar surface area (TPSA) is 93.9 Å². The fourth-order valence-corrected chi connectivity index (χ4v) is 6.34. The van der Waals surface area contributed by atoms with Crippen molar-refractivity contribution in [3.63, 3.8) is 0 Å². The Kier molecular flexibility index (Phi) is 10.7. The van der Waals surface area contributed by atoms with Crippen LogP contribution in [0.5, 0.6) is 11.5 Å². The Labute approximate surface area is 282 Å². The van der Waals surface area contributed by atoms with E-state index in [1.165, 1.54) is 35.3 Å². The molecule has 1 saturated heterocycles. The summed E-state index contributed by atoms with van der Waals surface area (Å²) < 4.78 is 48.2. The summed E-state index contributed by atoms with van der Waals surface area (Å²) in [4.78, 5) is 24.0. The first-order chi connectivity index (χ1) is 22.8. The van der Waals surface area contributed by atoms with Gasteiger partial charge >= 0.3 is 12.4 Å². The largest absolute Gasteiger partial charge is 0.573 e. The van der Waals surface area contributed by atoms with Crippen LogP contribution in [0.2, 0.25) is 0 Å². The van der Waals surface area contributed by atoms with Crippen LogP contribution < -0.4 is 19.7 Å². The minimum atomic E-state index is -4.75. The van der Waals surface area contributed by atoms with Crippen LogP contribution in [0.15, 0.2) is 78.0 Å². The Morgan fingerprint density at radius 1 is 1.04 bits per heavy atom. The molecule has 0 bridgehead atoms. The van der Waals surface area contributed by atoms with Gasteiger partial charge in [-0.1, -0.05) is 63.7 Å². The van der Waals surface area contributed by atoms with Crippen molar-refractivity contribution in [2.24, 2.45) is 10.4 Å². The highest BCUT2D eigenvalue weighted by Crippen LogP contribution is 2.35. The molecule has 4 aromatic rings. The first kappa shape index (κ1) is 34.8. The molecule has 13 heteroatoms. The van der Waals surface area contributed by atoms with Gasteiger partial charge in [-0.2, -0.15) is 4.99 Å². The van der Waals surface area contributed by atoms with Crippen LogP contribution in [-0.2, 0) is 6.42 Å². The van der Waals surface area contributed by atoms with Gasteiger partial charge in [-0.25, -0.2) is 14.5 Å². The summed E-state index contributed by atoms with van der Waals surface area (Å²) in [6.45, 7) is 9.70. The number of amides is 2. The van der Waals surface area contributed by atoms with Crippen molar-refractivity contribution in [2.75, 3.05) is 30.9 Å². The lowest BCUT2D eigenvalue weighted by Gasteiger charge is -2.32. The van der Waals surface area contributed by atoms with E-state index in [9.17, 15) is 18.0 Å². The standard InChI is InChI=1S/C35H39F3N6O3S/c1-23(2)29-19-28(46-5)15-16-30(29)43-17-6-18-48-33(43)41-32(45)39-21-34(3,4)20-24-7-9-25(10-8-24)31-40-22-44(42-31)26-11-13-27(14-12-26)47-35(36,37)38/h7-16,19,22-23H,6,17-18,20-21H2,1-5H3,(H,39,45)/b41-33-. The molecule has 0 atom stereocenters. The van der Waals surface area contributed by atoms with E-state index < -0.39 is 6.36 Å². The molecule has 1 aromatic heterocycles. The maximum Gasteiger partial charge on any atom is 0.573 e. The predicted molar refractivity (Wildman–Crippen MR) is 183 cm³/mol. The van der Waals surface area contributed by atoms with Crippen molar-refractivity contribution < 1.29 is 27.4 Å². The predicted octanol–water partition coefficient (Wildman–Crippen LogP) is 8.24. The van der Waals surface area contributed by atoms with E-state index in [1.807, 2.05) is 36.4 Å². The van der Waals surface area contributed by atoms with E-state index in [2.05, 4.69) is 63.8 Å². The Morgan fingerprint density at radius 2 is 1.75 bits per heavy atom. The number of nitrogens with zero attached hydrogens (tertiary/aromatic N) is 5. The number of hydrogen-bond acceptors (Lipinski definition) is 6. The Morgan fingerprint density at radius 3 is 2.42 bits per heavy atom. The van der Waals surface area contributed by atoms with Crippen LogP contribution in [0.4, 0.5) is 23.7 Å². The van der Waals surface area contributed by atoms with Crippen molar-refractivity contribution >= 4 is 28.6 Å². The number of urea groups is 1. The molecule has 0 spiro atoms. The third kappa shape index (κ3) is 9.09. The van der Waals surface area contributed by atoms with Gasteiger partial charge in [0.1, 0.15) is 17.8 Å². The second-order valence-corrected chi connectivity index (χ2v) is 13.6. The molecule has 1 aliphatic rings. The number of aromatic nitrogens is 3. The molecule has 48 heavy (non-hydrogen) atoms. The molecule has 2 amide bonds. The highest BCUT2D eigenvalue weighted by atomic mass is 32.2. The van der Waals surface area contributed by atoms with Crippen LogP contribution in [0.3, 0.4) is 0 Å². The van der Waals surface area contributed by atoms with Crippen molar-refractivity contribution in [1.82, 2.24) is 20.1 Å². The molecule has 1 N–H and O–H groups in total. The Balaban J connectivity index is 1.19. The van der Waals surface area contributed by atoms with E-state index >= 15 is 0 Å². The fraction of sp³-hybridized carbons (Fsp3) is 0.371. The number of carbonyl (C=O) groups excluding carboxylic acids is 1. The quantitative estimate of drug-likeness (QED) is 0.180. The van der Waals surface area contributed by atoms with Gasteiger partial charge in [-0.3, -0.25) is 0 Å². The summed E-state index contributed by atoms with van der Waals surface area (Å²) in [5, 5.41) is 8.19. The van der Waals surface area contributed by atoms with Crippen LogP contribution >= 0.6 is 11.8 Å². The first-order valence-corrected chi connectivity index (χ1v) is 16.6. The molecular weight excluding hydrogens is 641 g/mol. The number of methoxy groups -OCH3 is 1. The van der Waals surface area contributed by atoms with Gasteiger partial charge in [0.05, 0.1) is 12.8 Å². The van der Waals surface area contributed by atoms with E-state index in [0.29, 0.717) is 29.6 Å². The highest BCUT2D eigenvalue weighted by molar-refractivity contribution is 8.14. The van der Waals surface area contributed by atoms with Gasteiger partial charge in [-0.05, 0) is 77.8 Å². The highest BCUT2D eigenvalue weighted by Gasteiger charge is 2.31. The van der Waals surface area contributed by atoms with Crippen molar-refractivity contribution in [1.29, 1.82) is 0 Å². The number of aliphatic imine (C=N–C) groups is 1. The van der Waals surface area contributed by atoms with Gasteiger partial charge in [0.15, 0.2) is 11.0 Å². The van der Waals surface area contributed by atoms with Crippen LogP contribution in [0.1, 0.15) is 51.2 Å². The minimum Gasteiger partial charge on any atom is -0.497 e. The second-order valence-electron chi connectivity index (χ2n) is 12.6. The first-order valence-electron chi connectivity index (χ1n) is 15.6. The zero-order valence-electron chi connectivity index (χ0n) is 27.5. The Hall–Kier alpha value is -4.52. The summed E-state index contributed by atoms with van der Waals surface area (Å²) in [6, 6.07) is 18.9. The van der Waals surface area contributed by atoms with E-state index in [0.717, 1.165) is 46.8 Å². The average Bonchev–Trinajstić information content (AvgIpc) is 3.54. The lowest BCUT2D eigenvalue weighted by atomic mass is 9.85. The molecule has 3 aromatic carbocycles. The number of benzene rings is 3. The smallest absolute Gasteiger partial charge is 0.497 e. The number of ether oxygens (including phenoxy) is 2. The van der Waals surface area contributed by atoms with E-state index in [1.54, 1.807) is 18.9 Å². The third-order valence-electron chi connectivity index (χ3n) is 7.77. The van der Waals surface area contributed by atoms with Gasteiger partial charge in [-0.15, -0.1) is 18.3 Å². The van der Waals surface area contributed by atoms with Crippen LogP contribution in [0.25, 0.3) is 17.1 Å². The molecular formula is C35H39F3N6O3S. The molecule has 0 aliphatic carbocycles. The van der Waals surface area contributed by atoms with E-state index in [4.69, 9.17) is 4.74 Å². The van der Waals surface area contributed by atoms with Gasteiger partial charge < -0.3 is 19.7 Å². The molecule has 9 nitrogen and oxygen atoms in total. The van der Waals surface area contributed by atoms with Crippen molar-refractivity contribution in [3.05, 3.63) is 84.2 Å². The van der Waals surface area contributed by atoms with Gasteiger partial charge in [0.25, 0.3) is 0 Å². The van der Waals surface area contributed by atoms with Gasteiger partial charge in [0.2, 0.25) is 0 Å². The monoisotopic (exact) mass is 680 g/mol. The molecule has 2 heterocycles. The maximum atomic E-state index is 13.1. The number of thioether (sulfide) groups is 1. The fourth-order valence-electron chi connectivity index (χ4n) is 5.39. The lowest BCUT2D eigenvalue weighted by molar-refractivity contribution is -0.274. The van der Waals surface area contributed by atoms with Crippen LogP contribution in [0, 0.1) is 5.41 Å². The summed E-state index contributed by atoms with van der Waals surface area (Å²) in [5.74, 6) is 2.15. The molecule has 0 saturated carbocycles. The summed E-state index contributed by atoms with van der Waals surface area (Å²) in [5.41, 5.74) is 4.37. The second kappa shape index (κ2) is 14.7. The molecule has 1 fully saturated rings. The van der Waals surface area contributed by atoms with Gasteiger partial charge in [0, 0.05) is 30.1 Å².